The molecular formula is C54H83N17O15S4. The normalized spacial score (nSPS) is 28.0. The van der Waals surface area contributed by atoms with Gasteiger partial charge in [0.1, 0.15) is 66.5 Å². The summed E-state index contributed by atoms with van der Waals surface area (Å²) in [6.07, 6.45) is 2.86. The Morgan fingerprint density at radius 1 is 0.722 bits per heavy atom. The summed E-state index contributed by atoms with van der Waals surface area (Å²) in [5.74, 6) is -13.2. The molecule has 5 aliphatic heterocycles. The van der Waals surface area contributed by atoms with E-state index in [1.165, 1.54) is 17.4 Å². The van der Waals surface area contributed by atoms with Crippen molar-refractivity contribution in [3.8, 4) is 0 Å². The minimum atomic E-state index is -1.55. The number of unbranched alkanes of at least 4 members (excludes halogenated alkanes) is 1. The number of hydrogen-bond acceptors (Lipinski definition) is 21. The Kier molecular flexibility index (Phi) is 28.1. The van der Waals surface area contributed by atoms with Gasteiger partial charge in [-0.15, -0.1) is 0 Å². The number of H-pyrrole nitrogens is 1. The zero-order valence-electron chi connectivity index (χ0n) is 50.5. The molecule has 17 N–H and O–H groups in total. The Morgan fingerprint density at radius 2 is 1.38 bits per heavy atom. The smallest absolute Gasteiger partial charge is 0.246 e. The summed E-state index contributed by atoms with van der Waals surface area (Å²) >= 11 is 0. The Hall–Kier alpha value is -6.89. The lowest BCUT2D eigenvalue weighted by Crippen LogP contribution is -2.61. The van der Waals surface area contributed by atoms with Crippen molar-refractivity contribution in [3.05, 3.63) is 18.2 Å². The predicted molar refractivity (Wildman–Crippen MR) is 332 cm³/mol. The second-order valence-corrected chi connectivity index (χ2v) is 28.3. The van der Waals surface area contributed by atoms with E-state index in [-0.39, 0.29) is 99.4 Å². The number of aliphatic hydroxyl groups is 1. The monoisotopic (exact) mass is 1340 g/mol. The molecule has 2 bridgehead atoms. The van der Waals surface area contributed by atoms with Crippen LogP contribution in [0, 0.1) is 11.8 Å². The van der Waals surface area contributed by atoms with Gasteiger partial charge < -0.3 is 89.8 Å². The Balaban J connectivity index is 1.38. The summed E-state index contributed by atoms with van der Waals surface area (Å²) in [6.45, 7) is 5.55. The second kappa shape index (κ2) is 35.1. The van der Waals surface area contributed by atoms with Crippen LogP contribution in [-0.2, 0) is 73.5 Å². The van der Waals surface area contributed by atoms with Crippen LogP contribution < -0.4 is 70.0 Å². The minimum Gasteiger partial charge on any atom is -0.391 e. The number of carbonyl (C=O) groups excluding carboxylic acids is 14. The van der Waals surface area contributed by atoms with Crippen LogP contribution >= 0.6 is 43.2 Å². The van der Waals surface area contributed by atoms with Gasteiger partial charge in [0.15, 0.2) is 0 Å². The average molecular weight is 1340 g/mol. The van der Waals surface area contributed by atoms with Gasteiger partial charge in [-0.25, -0.2) is 4.98 Å². The number of aromatic amines is 1. The van der Waals surface area contributed by atoms with Crippen LogP contribution in [0.15, 0.2) is 12.5 Å². The molecule has 1 aromatic heterocycles. The summed E-state index contributed by atoms with van der Waals surface area (Å²) in [5, 5.41) is 39.9. The van der Waals surface area contributed by atoms with Gasteiger partial charge in [0.05, 0.1) is 25.5 Å². The highest BCUT2D eigenvalue weighted by molar-refractivity contribution is 8.77. The maximum atomic E-state index is 14.9. The van der Waals surface area contributed by atoms with Gasteiger partial charge in [-0.2, -0.15) is 0 Å². The van der Waals surface area contributed by atoms with Gasteiger partial charge in [0.25, 0.3) is 0 Å². The van der Waals surface area contributed by atoms with Gasteiger partial charge in [0, 0.05) is 67.3 Å². The standard InChI is InChI=1S/C54H83N17O15S4/c1-26(2)14-32-48(80)67-36-23-90-88-22-35(46(78)59-19-42(75)70-13-7-9-38(70)51(83)62-30(47(79)63-32)8-5-6-12-55)66-50(82)37(68-53(85)43(27(3)4)69-41(74)18-58-45(77)31-10-11-40(73)61-31)24-89-87-21-34(44(56)76)65-52(84)39-16-29(72)20-71(39)54(86)33(64-49(36)81)15-28-17-57-25-60-28/h17,25-27,29-39,43,72H,5-16,18-24,55H2,1-4H3,(H2,56,76)(H,57,60)(H,58,77)(H,59,78)(H,61,73)(H,62,83)(H,63,79)(H,64,81)(H,65,84)(H,66,82)(H,67,80)(H,68,85)(H,69,74)/t29-,30+,31+,32+,33+,34+,35+,36+,37+,38+,39+,43+/m1/s1. The number of nitrogens with two attached hydrogens (primary N) is 2. The van der Waals surface area contributed by atoms with Crippen molar-refractivity contribution in [2.24, 2.45) is 23.3 Å². The summed E-state index contributed by atoms with van der Waals surface area (Å²) < 4.78 is 0. The fraction of sp³-hybridized carbons (Fsp3) is 0.685. The molecule has 498 valence electrons. The molecule has 0 spiro atoms. The molecule has 36 heteroatoms. The van der Waals surface area contributed by atoms with E-state index in [0.29, 0.717) is 25.0 Å². The topological polar surface area (TPSA) is 479 Å². The third kappa shape index (κ3) is 21.4. The molecule has 90 heavy (non-hydrogen) atoms. The largest absolute Gasteiger partial charge is 0.391 e. The average Bonchev–Trinajstić information content (AvgIpc) is 2.30. The number of primary amides is 1. The summed E-state index contributed by atoms with van der Waals surface area (Å²) in [7, 11) is 3.77. The van der Waals surface area contributed by atoms with Crippen LogP contribution in [0.2, 0.25) is 0 Å². The molecular weight excluding hydrogens is 1250 g/mol. The Bertz CT molecular complexity index is 2790. The number of imidazole rings is 1. The molecule has 0 aromatic carbocycles. The Morgan fingerprint density at radius 3 is 2.03 bits per heavy atom. The SMILES string of the molecule is CC(C)C[C@@H]1NC(=O)[C@H](CCCCN)NC(=O)[C@@H]2CCCN2C(=O)CNC(=O)[C@@H]2CSSC[C@H](NC1=O)C(=O)N[C@@H](Cc1cnc[nH]1)C(=O)N1C[C@H](O)C[C@H]1C(=O)N[C@H](C(N)=O)CSSC[C@H](NC(=O)[C@@H](NC(=O)CNC(=O)[C@@H]1CCC(=O)N1)C(C)C)C(=O)N2. The molecule has 12 atom stereocenters. The van der Waals surface area contributed by atoms with Crippen LogP contribution in [0.4, 0.5) is 0 Å². The molecule has 5 aliphatic rings. The van der Waals surface area contributed by atoms with Gasteiger partial charge in [-0.1, -0.05) is 70.9 Å². The highest BCUT2D eigenvalue weighted by atomic mass is 33.1. The van der Waals surface area contributed by atoms with E-state index >= 15 is 0 Å². The summed E-state index contributed by atoms with van der Waals surface area (Å²) in [6, 6.07) is -14.8. The van der Waals surface area contributed by atoms with E-state index in [1.807, 2.05) is 0 Å². The third-order valence-electron chi connectivity index (χ3n) is 15.3. The number of fused-ring (bicyclic) bond motifs is 7. The third-order valence-corrected chi connectivity index (χ3v) is 20.2. The van der Waals surface area contributed by atoms with Crippen molar-refractivity contribution in [1.82, 2.24) is 78.3 Å². The van der Waals surface area contributed by atoms with E-state index in [9.17, 15) is 72.2 Å². The molecule has 1 aromatic rings. The van der Waals surface area contributed by atoms with Crippen LogP contribution in [0.25, 0.3) is 0 Å². The van der Waals surface area contributed by atoms with Crippen molar-refractivity contribution in [2.75, 3.05) is 55.7 Å². The first-order valence-corrected chi connectivity index (χ1v) is 34.8. The van der Waals surface area contributed by atoms with Crippen molar-refractivity contribution in [2.45, 2.75) is 164 Å². The highest BCUT2D eigenvalue weighted by Gasteiger charge is 2.44. The number of nitrogens with zero attached hydrogens (tertiary/aromatic N) is 3. The molecule has 0 saturated carbocycles. The molecule has 0 unspecified atom stereocenters. The minimum absolute atomic E-state index is 0.0330. The first-order valence-electron chi connectivity index (χ1n) is 29.8. The number of nitrogens with one attached hydrogen (secondary N) is 12. The summed E-state index contributed by atoms with van der Waals surface area (Å²) in [5.41, 5.74) is 11.9. The maximum absolute atomic E-state index is 14.9. The maximum Gasteiger partial charge on any atom is 0.246 e. The number of rotatable bonds is 16. The lowest BCUT2D eigenvalue weighted by atomic mass is 10.0. The van der Waals surface area contributed by atoms with Crippen molar-refractivity contribution in [3.63, 3.8) is 0 Å². The highest BCUT2D eigenvalue weighted by Crippen LogP contribution is 2.27. The van der Waals surface area contributed by atoms with E-state index in [0.717, 1.165) is 48.1 Å². The van der Waals surface area contributed by atoms with Crippen LogP contribution in [0.5, 0.6) is 0 Å². The van der Waals surface area contributed by atoms with Crippen LogP contribution in [0.3, 0.4) is 0 Å². The molecule has 14 amide bonds. The van der Waals surface area contributed by atoms with Gasteiger partial charge in [-0.3, -0.25) is 67.1 Å². The predicted octanol–water partition coefficient (Wildman–Crippen LogP) is -5.60. The van der Waals surface area contributed by atoms with Crippen molar-refractivity contribution in [1.29, 1.82) is 0 Å². The van der Waals surface area contributed by atoms with E-state index < -0.39 is 168 Å². The van der Waals surface area contributed by atoms with E-state index in [1.54, 1.807) is 27.7 Å². The number of aromatic nitrogens is 2. The number of hydrogen-bond donors (Lipinski definition) is 15. The van der Waals surface area contributed by atoms with Crippen LogP contribution in [-0.4, -0.2) is 236 Å². The lowest BCUT2D eigenvalue weighted by molar-refractivity contribution is -0.142. The van der Waals surface area contributed by atoms with Crippen molar-refractivity contribution >= 4 is 126 Å². The molecule has 0 aliphatic carbocycles. The van der Waals surface area contributed by atoms with Gasteiger partial charge in [-0.05, 0) is 63.3 Å². The number of aliphatic hydroxyl groups excluding tert-OH is 1. The molecule has 5 saturated heterocycles. The first kappa shape index (κ1) is 72.2. The molecule has 5 fully saturated rings. The van der Waals surface area contributed by atoms with Crippen molar-refractivity contribution < 1.29 is 72.2 Å². The Labute approximate surface area is 535 Å². The van der Waals surface area contributed by atoms with Gasteiger partial charge in [0.2, 0.25) is 82.7 Å². The second-order valence-electron chi connectivity index (χ2n) is 23.2. The fourth-order valence-electron chi connectivity index (χ4n) is 10.5. The van der Waals surface area contributed by atoms with E-state index in [2.05, 4.69) is 68.5 Å². The van der Waals surface area contributed by atoms with Gasteiger partial charge >= 0.3 is 0 Å². The first-order chi connectivity index (χ1) is 42.8. The zero-order valence-corrected chi connectivity index (χ0v) is 53.7. The molecule has 6 rings (SSSR count). The molecule has 0 radical (unpaired) electrons. The molecule has 32 nitrogen and oxygen atoms in total. The lowest BCUT2D eigenvalue weighted by Gasteiger charge is -2.31. The summed E-state index contributed by atoms with van der Waals surface area (Å²) in [4.78, 5) is 204. The number of amides is 14. The quantitative estimate of drug-likeness (QED) is 0.0542. The fourth-order valence-corrected chi connectivity index (χ4v) is 15.1. The van der Waals surface area contributed by atoms with Crippen LogP contribution in [0.1, 0.15) is 91.2 Å². The van der Waals surface area contributed by atoms with E-state index in [4.69, 9.17) is 11.5 Å². The zero-order chi connectivity index (χ0) is 65.8. The number of carbonyl (C=O) groups is 14. The molecule has 6 heterocycles.